The minimum absolute atomic E-state index is 0.0818. The van der Waals surface area contributed by atoms with Crippen LogP contribution in [0.2, 0.25) is 0 Å². The highest BCUT2D eigenvalue weighted by Gasteiger charge is 2.07. The highest BCUT2D eigenvalue weighted by Crippen LogP contribution is 2.23. The fourth-order valence-corrected chi connectivity index (χ4v) is 1.83. The van der Waals surface area contributed by atoms with E-state index in [4.69, 9.17) is 15.2 Å². The van der Waals surface area contributed by atoms with Crippen molar-refractivity contribution < 1.29 is 14.3 Å². The van der Waals surface area contributed by atoms with Gasteiger partial charge in [-0.3, -0.25) is 4.79 Å². The largest absolute Gasteiger partial charge is 0.497 e. The second-order valence-electron chi connectivity index (χ2n) is 4.54. The Bertz CT molecular complexity index is 641. The molecule has 1 amide bonds. The Morgan fingerprint density at radius 1 is 1.24 bits per heavy atom. The average molecular weight is 286 g/mol. The van der Waals surface area contributed by atoms with E-state index in [9.17, 15) is 4.79 Å². The molecule has 2 aromatic carbocycles. The Balaban J connectivity index is 1.94. The molecule has 0 spiro atoms. The topological polar surface area (TPSA) is 73.6 Å². The first-order valence-electron chi connectivity index (χ1n) is 6.52. The Hall–Kier alpha value is -2.69. The minimum Gasteiger partial charge on any atom is -0.497 e. The maximum absolute atomic E-state index is 11.9. The number of nitrogen functional groups attached to an aromatic ring is 1. The molecule has 3 N–H and O–H groups in total. The van der Waals surface area contributed by atoms with E-state index >= 15 is 0 Å². The van der Waals surface area contributed by atoms with Crippen LogP contribution < -0.4 is 20.5 Å². The van der Waals surface area contributed by atoms with Gasteiger partial charge in [-0.05, 0) is 31.2 Å². The molecular formula is C16H18N2O3. The summed E-state index contributed by atoms with van der Waals surface area (Å²) in [5.74, 6) is 1.04. The molecule has 21 heavy (non-hydrogen) atoms. The van der Waals surface area contributed by atoms with E-state index in [-0.39, 0.29) is 12.5 Å². The van der Waals surface area contributed by atoms with E-state index in [1.54, 1.807) is 43.5 Å². The summed E-state index contributed by atoms with van der Waals surface area (Å²) in [7, 11) is 1.58. The summed E-state index contributed by atoms with van der Waals surface area (Å²) in [6, 6.07) is 12.5. The highest BCUT2D eigenvalue weighted by atomic mass is 16.5. The summed E-state index contributed by atoms with van der Waals surface area (Å²) < 4.78 is 10.6. The Morgan fingerprint density at radius 2 is 2.00 bits per heavy atom. The number of hydrogen-bond acceptors (Lipinski definition) is 4. The van der Waals surface area contributed by atoms with Gasteiger partial charge < -0.3 is 20.5 Å². The van der Waals surface area contributed by atoms with Crippen LogP contribution in [0.3, 0.4) is 0 Å². The lowest BCUT2D eigenvalue weighted by Gasteiger charge is -2.11. The van der Waals surface area contributed by atoms with Gasteiger partial charge in [-0.15, -0.1) is 0 Å². The van der Waals surface area contributed by atoms with Crippen LogP contribution in [-0.2, 0) is 4.79 Å². The van der Waals surface area contributed by atoms with Crippen molar-refractivity contribution in [1.29, 1.82) is 0 Å². The van der Waals surface area contributed by atoms with Crippen molar-refractivity contribution in [2.24, 2.45) is 0 Å². The lowest BCUT2D eigenvalue weighted by molar-refractivity contribution is -0.118. The lowest BCUT2D eigenvalue weighted by Crippen LogP contribution is -2.20. The number of carbonyl (C=O) groups is 1. The number of rotatable bonds is 5. The van der Waals surface area contributed by atoms with Crippen LogP contribution in [0.15, 0.2) is 42.5 Å². The predicted molar refractivity (Wildman–Crippen MR) is 82.7 cm³/mol. The molecule has 0 heterocycles. The summed E-state index contributed by atoms with van der Waals surface area (Å²) in [5.41, 5.74) is 7.91. The SMILES string of the molecule is COc1cccc(NC(=O)COc2cccc(N)c2C)c1. The number of nitrogens with two attached hydrogens (primary N) is 1. The molecule has 0 atom stereocenters. The lowest BCUT2D eigenvalue weighted by atomic mass is 10.2. The molecule has 2 aromatic rings. The van der Waals surface area contributed by atoms with Gasteiger partial charge in [-0.25, -0.2) is 0 Å². The smallest absolute Gasteiger partial charge is 0.262 e. The van der Waals surface area contributed by atoms with E-state index in [2.05, 4.69) is 5.32 Å². The maximum Gasteiger partial charge on any atom is 0.262 e. The van der Waals surface area contributed by atoms with Gasteiger partial charge in [0.15, 0.2) is 6.61 Å². The van der Waals surface area contributed by atoms with Crippen molar-refractivity contribution >= 4 is 17.3 Å². The quantitative estimate of drug-likeness (QED) is 0.829. The standard InChI is InChI=1S/C16H18N2O3/c1-11-14(17)7-4-8-15(11)21-10-16(19)18-12-5-3-6-13(9-12)20-2/h3-9H,10,17H2,1-2H3,(H,18,19). The fraction of sp³-hybridized carbons (Fsp3) is 0.188. The third-order valence-electron chi connectivity index (χ3n) is 3.04. The number of ether oxygens (including phenoxy) is 2. The van der Waals surface area contributed by atoms with Crippen LogP contribution in [0.4, 0.5) is 11.4 Å². The molecule has 0 saturated heterocycles. The van der Waals surface area contributed by atoms with Crippen molar-refractivity contribution in [2.45, 2.75) is 6.92 Å². The van der Waals surface area contributed by atoms with Crippen LogP contribution in [0.1, 0.15) is 5.56 Å². The van der Waals surface area contributed by atoms with E-state index in [1.165, 1.54) is 0 Å². The highest BCUT2D eigenvalue weighted by molar-refractivity contribution is 5.92. The molecule has 0 unspecified atom stereocenters. The molecule has 5 heteroatoms. The van der Waals surface area contributed by atoms with E-state index < -0.39 is 0 Å². The second kappa shape index (κ2) is 6.65. The minimum atomic E-state index is -0.245. The third kappa shape index (κ3) is 3.89. The van der Waals surface area contributed by atoms with Crippen molar-refractivity contribution in [1.82, 2.24) is 0 Å². The van der Waals surface area contributed by atoms with E-state index in [1.807, 2.05) is 13.0 Å². The number of carbonyl (C=O) groups excluding carboxylic acids is 1. The number of nitrogens with one attached hydrogen (secondary N) is 1. The van der Waals surface area contributed by atoms with Gasteiger partial charge in [0.2, 0.25) is 0 Å². The predicted octanol–water partition coefficient (Wildman–Crippen LogP) is 2.60. The third-order valence-corrected chi connectivity index (χ3v) is 3.04. The number of anilines is 2. The normalized spacial score (nSPS) is 10.0. The number of benzene rings is 2. The molecule has 110 valence electrons. The molecule has 0 aliphatic rings. The molecule has 0 aromatic heterocycles. The average Bonchev–Trinajstić information content (AvgIpc) is 2.49. The zero-order valence-electron chi connectivity index (χ0n) is 12.1. The van der Waals surface area contributed by atoms with Gasteiger partial charge in [-0.2, -0.15) is 0 Å². The molecule has 0 saturated carbocycles. The molecule has 5 nitrogen and oxygen atoms in total. The molecular weight excluding hydrogens is 268 g/mol. The molecule has 0 fully saturated rings. The zero-order chi connectivity index (χ0) is 15.2. The fourth-order valence-electron chi connectivity index (χ4n) is 1.83. The van der Waals surface area contributed by atoms with Crippen molar-refractivity contribution in [3.8, 4) is 11.5 Å². The first kappa shape index (κ1) is 14.7. The first-order valence-corrected chi connectivity index (χ1v) is 6.52. The van der Waals surface area contributed by atoms with Crippen LogP contribution in [0, 0.1) is 6.92 Å². The van der Waals surface area contributed by atoms with E-state index in [0.29, 0.717) is 22.9 Å². The van der Waals surface area contributed by atoms with Crippen molar-refractivity contribution in [3.63, 3.8) is 0 Å². The van der Waals surface area contributed by atoms with E-state index in [0.717, 1.165) is 5.56 Å². The summed E-state index contributed by atoms with van der Waals surface area (Å²) >= 11 is 0. The van der Waals surface area contributed by atoms with Crippen molar-refractivity contribution in [2.75, 3.05) is 24.8 Å². The number of hydrogen-bond donors (Lipinski definition) is 2. The summed E-state index contributed by atoms with van der Waals surface area (Å²) in [4.78, 5) is 11.9. The van der Waals surface area contributed by atoms with Gasteiger partial charge >= 0.3 is 0 Å². The van der Waals surface area contributed by atoms with Gasteiger partial charge in [0.25, 0.3) is 5.91 Å². The van der Waals surface area contributed by atoms with Crippen LogP contribution >= 0.6 is 0 Å². The number of amides is 1. The maximum atomic E-state index is 11.9. The van der Waals surface area contributed by atoms with Gasteiger partial charge in [0.05, 0.1) is 7.11 Å². The summed E-state index contributed by atoms with van der Waals surface area (Å²) in [6.45, 7) is 1.77. The Kier molecular flexibility index (Phi) is 4.66. The molecule has 0 bridgehead atoms. The second-order valence-corrected chi connectivity index (χ2v) is 4.54. The van der Waals surface area contributed by atoms with Gasteiger partial charge in [-0.1, -0.05) is 12.1 Å². The van der Waals surface area contributed by atoms with Crippen LogP contribution in [-0.4, -0.2) is 19.6 Å². The monoisotopic (exact) mass is 286 g/mol. The Morgan fingerprint density at radius 3 is 2.76 bits per heavy atom. The summed E-state index contributed by atoms with van der Waals surface area (Å²) in [5, 5.41) is 2.75. The molecule has 0 aliphatic heterocycles. The van der Waals surface area contributed by atoms with Crippen LogP contribution in [0.5, 0.6) is 11.5 Å². The summed E-state index contributed by atoms with van der Waals surface area (Å²) in [6.07, 6.45) is 0. The first-order chi connectivity index (χ1) is 10.1. The number of methoxy groups -OCH3 is 1. The van der Waals surface area contributed by atoms with Gasteiger partial charge in [0.1, 0.15) is 11.5 Å². The Labute approximate surface area is 123 Å². The molecule has 0 aliphatic carbocycles. The van der Waals surface area contributed by atoms with Crippen molar-refractivity contribution in [3.05, 3.63) is 48.0 Å². The van der Waals surface area contributed by atoms with Gasteiger partial charge in [0, 0.05) is 23.0 Å². The molecule has 2 rings (SSSR count). The zero-order valence-corrected chi connectivity index (χ0v) is 12.1. The van der Waals surface area contributed by atoms with Crippen LogP contribution in [0.25, 0.3) is 0 Å². The molecule has 0 radical (unpaired) electrons.